The van der Waals surface area contributed by atoms with Gasteiger partial charge in [-0.05, 0) is 54.5 Å². The van der Waals surface area contributed by atoms with Gasteiger partial charge in [-0.15, -0.1) is 11.8 Å². The summed E-state index contributed by atoms with van der Waals surface area (Å²) >= 11 is 1.17. The molecular formula is C24H24F3N3O3S2. The van der Waals surface area contributed by atoms with Crippen molar-refractivity contribution in [1.82, 2.24) is 5.32 Å². The van der Waals surface area contributed by atoms with Gasteiger partial charge >= 0.3 is 6.18 Å². The zero-order valence-electron chi connectivity index (χ0n) is 18.7. The van der Waals surface area contributed by atoms with Gasteiger partial charge in [0.2, 0.25) is 0 Å². The molecule has 35 heavy (non-hydrogen) atoms. The molecule has 0 saturated heterocycles. The first kappa shape index (κ1) is 25.3. The molecule has 1 heterocycles. The first-order valence-corrected chi connectivity index (χ1v) is 13.4. The van der Waals surface area contributed by atoms with Crippen LogP contribution in [0.15, 0.2) is 70.1 Å². The minimum absolute atomic E-state index is 0.111. The van der Waals surface area contributed by atoms with Crippen LogP contribution in [0.3, 0.4) is 0 Å². The number of nitrogens with two attached hydrogens (primary N) is 1. The maximum atomic E-state index is 13.4. The Labute approximate surface area is 205 Å². The SMILES string of the molecule is CNC1=CC2C(C=C1)Cc1ccc(NC(=O)c3cc(C(F)(F)F)ccc3SCCN)cc1S2(=O)=O. The van der Waals surface area contributed by atoms with Crippen molar-refractivity contribution >= 4 is 33.2 Å². The van der Waals surface area contributed by atoms with E-state index in [0.29, 0.717) is 28.3 Å². The lowest BCUT2D eigenvalue weighted by Crippen LogP contribution is -2.36. The fourth-order valence-corrected chi connectivity index (χ4v) is 7.09. The molecule has 2 aromatic rings. The van der Waals surface area contributed by atoms with Crippen molar-refractivity contribution in [2.24, 2.45) is 11.7 Å². The van der Waals surface area contributed by atoms with Gasteiger partial charge in [0, 0.05) is 41.5 Å². The number of halogens is 3. The fraction of sp³-hybridized carbons (Fsp3) is 0.292. The van der Waals surface area contributed by atoms with E-state index in [2.05, 4.69) is 10.6 Å². The lowest BCUT2D eigenvalue weighted by molar-refractivity contribution is -0.137. The smallest absolute Gasteiger partial charge is 0.388 e. The van der Waals surface area contributed by atoms with E-state index in [1.807, 2.05) is 12.2 Å². The first-order valence-electron chi connectivity index (χ1n) is 10.8. The van der Waals surface area contributed by atoms with Crippen LogP contribution in [-0.2, 0) is 22.4 Å². The second-order valence-electron chi connectivity index (χ2n) is 8.23. The lowest BCUT2D eigenvalue weighted by Gasteiger charge is -2.32. The quantitative estimate of drug-likeness (QED) is 0.495. The number of likely N-dealkylation sites (N-methyl/N-ethyl adjacent to an activating group) is 1. The van der Waals surface area contributed by atoms with E-state index in [-0.39, 0.29) is 28.6 Å². The van der Waals surface area contributed by atoms with Crippen molar-refractivity contribution in [3.63, 3.8) is 0 Å². The fourth-order valence-electron chi connectivity index (χ4n) is 4.21. The van der Waals surface area contributed by atoms with Crippen molar-refractivity contribution in [2.75, 3.05) is 24.7 Å². The van der Waals surface area contributed by atoms with E-state index in [1.54, 1.807) is 25.3 Å². The van der Waals surface area contributed by atoms with Crippen LogP contribution in [0.2, 0.25) is 0 Å². The highest BCUT2D eigenvalue weighted by atomic mass is 32.2. The second kappa shape index (κ2) is 9.71. The van der Waals surface area contributed by atoms with Crippen LogP contribution in [0.25, 0.3) is 0 Å². The van der Waals surface area contributed by atoms with E-state index >= 15 is 0 Å². The van der Waals surface area contributed by atoms with E-state index in [9.17, 15) is 26.4 Å². The van der Waals surface area contributed by atoms with E-state index in [1.165, 1.54) is 23.9 Å². The van der Waals surface area contributed by atoms with Crippen LogP contribution in [0.4, 0.5) is 18.9 Å². The molecule has 11 heteroatoms. The van der Waals surface area contributed by atoms with Gasteiger partial charge in [0.05, 0.1) is 21.3 Å². The summed E-state index contributed by atoms with van der Waals surface area (Å²) in [6.45, 7) is 0.288. The molecule has 2 atom stereocenters. The van der Waals surface area contributed by atoms with Crippen LogP contribution in [0.1, 0.15) is 21.5 Å². The molecule has 0 radical (unpaired) electrons. The van der Waals surface area contributed by atoms with Gasteiger partial charge in [0.25, 0.3) is 5.91 Å². The predicted molar refractivity (Wildman–Crippen MR) is 130 cm³/mol. The molecule has 2 aromatic carbocycles. The number of sulfone groups is 1. The average Bonchev–Trinajstić information content (AvgIpc) is 2.82. The zero-order valence-corrected chi connectivity index (χ0v) is 20.4. The lowest BCUT2D eigenvalue weighted by atomic mass is 9.91. The van der Waals surface area contributed by atoms with Crippen LogP contribution in [0, 0.1) is 5.92 Å². The van der Waals surface area contributed by atoms with Gasteiger partial charge in [-0.2, -0.15) is 13.2 Å². The summed E-state index contributed by atoms with van der Waals surface area (Å²) in [4.78, 5) is 13.5. The summed E-state index contributed by atoms with van der Waals surface area (Å²) in [5, 5.41) is 4.79. The number of hydrogen-bond donors (Lipinski definition) is 3. The minimum atomic E-state index is -4.61. The molecule has 6 nitrogen and oxygen atoms in total. The number of amides is 1. The number of carbonyl (C=O) groups is 1. The Kier molecular flexibility index (Phi) is 7.03. The third-order valence-corrected chi connectivity index (χ3v) is 9.25. The molecule has 1 amide bonds. The van der Waals surface area contributed by atoms with Gasteiger partial charge in [0.15, 0.2) is 9.84 Å². The standard InChI is InChI=1S/C24H24F3N3O3S2/c1-29-17-5-2-14-10-15-3-6-18(13-22(15)35(32,33)21(14)12-17)30-23(31)19-11-16(24(25,26)27)4-7-20(19)34-9-8-28/h2-7,11-14,21,29H,8-10,28H2,1H3,(H,30,31). The number of alkyl halides is 3. The van der Waals surface area contributed by atoms with Gasteiger partial charge < -0.3 is 16.4 Å². The van der Waals surface area contributed by atoms with Crippen molar-refractivity contribution in [3.05, 3.63) is 77.0 Å². The van der Waals surface area contributed by atoms with E-state index in [4.69, 9.17) is 5.73 Å². The highest BCUT2D eigenvalue weighted by molar-refractivity contribution is 7.99. The normalized spacial score (nSPS) is 20.4. The molecule has 0 bridgehead atoms. The highest BCUT2D eigenvalue weighted by Gasteiger charge is 2.40. The number of benzene rings is 2. The van der Waals surface area contributed by atoms with Crippen LogP contribution in [-0.4, -0.2) is 38.9 Å². The molecule has 4 N–H and O–H groups in total. The maximum absolute atomic E-state index is 13.4. The molecule has 0 saturated carbocycles. The van der Waals surface area contributed by atoms with Gasteiger partial charge in [-0.25, -0.2) is 8.42 Å². The molecule has 2 aliphatic rings. The summed E-state index contributed by atoms with van der Waals surface area (Å²) < 4.78 is 66.5. The number of nitrogens with one attached hydrogen (secondary N) is 2. The zero-order chi connectivity index (χ0) is 25.4. The summed E-state index contributed by atoms with van der Waals surface area (Å²) in [5.41, 5.74) is 5.93. The number of carbonyl (C=O) groups excluding carboxylic acids is 1. The number of hydrogen-bond acceptors (Lipinski definition) is 6. The average molecular weight is 524 g/mol. The number of allylic oxidation sites excluding steroid dienone is 2. The minimum Gasteiger partial charge on any atom is -0.388 e. The topological polar surface area (TPSA) is 101 Å². The summed E-state index contributed by atoms with van der Waals surface area (Å²) in [7, 11) is -2.03. The maximum Gasteiger partial charge on any atom is 0.416 e. The summed E-state index contributed by atoms with van der Waals surface area (Å²) in [5.74, 6) is -0.543. The number of thioether (sulfide) groups is 1. The second-order valence-corrected chi connectivity index (χ2v) is 11.4. The third kappa shape index (κ3) is 5.12. The Morgan fingerprint density at radius 2 is 1.97 bits per heavy atom. The Morgan fingerprint density at radius 3 is 2.66 bits per heavy atom. The first-order chi connectivity index (χ1) is 16.5. The molecular weight excluding hydrogens is 499 g/mol. The Bertz CT molecular complexity index is 1320. The van der Waals surface area contributed by atoms with Gasteiger partial charge in [-0.1, -0.05) is 12.1 Å². The molecule has 0 spiro atoms. The van der Waals surface area contributed by atoms with Crippen molar-refractivity contribution < 1.29 is 26.4 Å². The van der Waals surface area contributed by atoms with Crippen molar-refractivity contribution in [3.8, 4) is 0 Å². The number of anilines is 1. The van der Waals surface area contributed by atoms with Crippen molar-refractivity contribution in [1.29, 1.82) is 0 Å². The third-order valence-electron chi connectivity index (χ3n) is 5.95. The monoisotopic (exact) mass is 523 g/mol. The molecule has 0 aromatic heterocycles. The van der Waals surface area contributed by atoms with Crippen molar-refractivity contribution in [2.45, 2.75) is 27.6 Å². The van der Waals surface area contributed by atoms with Crippen LogP contribution in [0.5, 0.6) is 0 Å². The Hall–Kier alpha value is -2.76. The summed E-state index contributed by atoms with van der Waals surface area (Å²) in [6, 6.07) is 7.55. The molecule has 0 fully saturated rings. The molecule has 1 aliphatic carbocycles. The van der Waals surface area contributed by atoms with Crippen LogP contribution >= 0.6 is 11.8 Å². The number of fused-ring (bicyclic) bond motifs is 2. The molecule has 4 rings (SSSR count). The molecule has 2 unspecified atom stereocenters. The van der Waals surface area contributed by atoms with Gasteiger partial charge in [0.1, 0.15) is 0 Å². The van der Waals surface area contributed by atoms with E-state index < -0.39 is 32.7 Å². The molecule has 1 aliphatic heterocycles. The van der Waals surface area contributed by atoms with Crippen LogP contribution < -0.4 is 16.4 Å². The predicted octanol–water partition coefficient (Wildman–Crippen LogP) is 4.00. The Balaban J connectivity index is 1.66. The van der Waals surface area contributed by atoms with Gasteiger partial charge in [-0.3, -0.25) is 4.79 Å². The highest BCUT2D eigenvalue weighted by Crippen LogP contribution is 2.39. The Morgan fingerprint density at radius 1 is 1.20 bits per heavy atom. The molecule has 186 valence electrons. The van der Waals surface area contributed by atoms with E-state index in [0.717, 1.165) is 12.1 Å². The largest absolute Gasteiger partial charge is 0.416 e. The summed E-state index contributed by atoms with van der Waals surface area (Å²) in [6.07, 6.45) is 1.31. The number of rotatable bonds is 6.